The van der Waals surface area contributed by atoms with Crippen molar-refractivity contribution in [3.05, 3.63) is 0 Å². The Morgan fingerprint density at radius 2 is 0.920 bits per heavy atom. The quantitative estimate of drug-likeness (QED) is 0.196. The highest BCUT2D eigenvalue weighted by Crippen LogP contribution is 2.10. The molecule has 0 N–H and O–H groups in total. The Morgan fingerprint density at radius 3 is 1.40 bits per heavy atom. The zero-order valence-corrected chi connectivity index (χ0v) is 17.8. The van der Waals surface area contributed by atoms with Crippen LogP contribution in [0.2, 0.25) is 0 Å². The van der Waals surface area contributed by atoms with E-state index in [-0.39, 0.29) is 6.10 Å². The van der Waals surface area contributed by atoms with Crippen LogP contribution in [0.15, 0.2) is 0 Å². The van der Waals surface area contributed by atoms with Gasteiger partial charge in [0.15, 0.2) is 0 Å². The number of hydrogen-bond acceptors (Lipinski definition) is 2. The summed E-state index contributed by atoms with van der Waals surface area (Å²) in [4.78, 5) is 0. The second-order valence-electron chi connectivity index (χ2n) is 7.71. The summed E-state index contributed by atoms with van der Waals surface area (Å²) in [6, 6.07) is 0. The first kappa shape index (κ1) is 24.9. The summed E-state index contributed by atoms with van der Waals surface area (Å²) >= 11 is 0. The SMILES string of the molecule is CCCCCCCCCCOCC(C)OCCCCCCCCCC. The smallest absolute Gasteiger partial charge is 0.0780 e. The molecule has 1 atom stereocenters. The highest BCUT2D eigenvalue weighted by Gasteiger charge is 2.02. The fourth-order valence-electron chi connectivity index (χ4n) is 3.16. The molecule has 0 bridgehead atoms. The van der Waals surface area contributed by atoms with Crippen molar-refractivity contribution in [3.63, 3.8) is 0 Å². The molecule has 0 aliphatic heterocycles. The number of ether oxygens (including phenoxy) is 2. The molecule has 0 saturated heterocycles. The van der Waals surface area contributed by atoms with Gasteiger partial charge in [-0.15, -0.1) is 0 Å². The topological polar surface area (TPSA) is 18.5 Å². The maximum atomic E-state index is 5.84. The minimum Gasteiger partial charge on any atom is -0.379 e. The van der Waals surface area contributed by atoms with E-state index in [1.165, 1.54) is 103 Å². The summed E-state index contributed by atoms with van der Waals surface area (Å²) in [5.74, 6) is 0. The number of unbranched alkanes of at least 4 members (excludes halogenated alkanes) is 14. The zero-order chi connectivity index (χ0) is 18.4. The fraction of sp³-hybridized carbons (Fsp3) is 1.00. The van der Waals surface area contributed by atoms with Gasteiger partial charge in [0.05, 0.1) is 12.7 Å². The fourth-order valence-corrected chi connectivity index (χ4v) is 3.16. The molecule has 0 fully saturated rings. The Morgan fingerprint density at radius 1 is 0.520 bits per heavy atom. The molecule has 1 unspecified atom stereocenters. The van der Waals surface area contributed by atoms with E-state index in [9.17, 15) is 0 Å². The summed E-state index contributed by atoms with van der Waals surface area (Å²) in [6.45, 7) is 9.25. The van der Waals surface area contributed by atoms with Crippen LogP contribution in [0.4, 0.5) is 0 Å². The van der Waals surface area contributed by atoms with E-state index >= 15 is 0 Å². The highest BCUT2D eigenvalue weighted by molar-refractivity contribution is 4.51. The maximum absolute atomic E-state index is 5.84. The monoisotopic (exact) mass is 356 g/mol. The third kappa shape index (κ3) is 21.9. The van der Waals surface area contributed by atoms with Crippen LogP contribution in [0, 0.1) is 0 Å². The average molecular weight is 357 g/mol. The van der Waals surface area contributed by atoms with Gasteiger partial charge in [-0.2, -0.15) is 0 Å². The lowest BCUT2D eigenvalue weighted by Gasteiger charge is -2.13. The molecule has 0 aliphatic rings. The molecule has 2 heteroatoms. The molecule has 152 valence electrons. The van der Waals surface area contributed by atoms with Crippen molar-refractivity contribution in [2.24, 2.45) is 0 Å². The van der Waals surface area contributed by atoms with Crippen molar-refractivity contribution in [1.82, 2.24) is 0 Å². The standard InChI is InChI=1S/C23H48O2/c1-4-6-8-10-12-14-16-18-20-24-22-23(3)25-21-19-17-15-13-11-9-7-5-2/h23H,4-22H2,1-3H3. The second-order valence-corrected chi connectivity index (χ2v) is 7.71. The second kappa shape index (κ2) is 22.0. The van der Waals surface area contributed by atoms with E-state index in [0.717, 1.165) is 19.8 Å². The van der Waals surface area contributed by atoms with Gasteiger partial charge in [0.1, 0.15) is 0 Å². The van der Waals surface area contributed by atoms with Gasteiger partial charge < -0.3 is 9.47 Å². The molecule has 0 aromatic rings. The highest BCUT2D eigenvalue weighted by atomic mass is 16.5. The molecular weight excluding hydrogens is 308 g/mol. The van der Waals surface area contributed by atoms with E-state index < -0.39 is 0 Å². The first-order chi connectivity index (χ1) is 12.3. The van der Waals surface area contributed by atoms with E-state index in [1.54, 1.807) is 0 Å². The van der Waals surface area contributed by atoms with Gasteiger partial charge in [-0.3, -0.25) is 0 Å². The summed E-state index contributed by atoms with van der Waals surface area (Å²) < 4.78 is 11.6. The molecular formula is C23H48O2. The van der Waals surface area contributed by atoms with Crippen LogP contribution < -0.4 is 0 Å². The first-order valence-electron chi connectivity index (χ1n) is 11.5. The van der Waals surface area contributed by atoms with Crippen LogP contribution in [0.3, 0.4) is 0 Å². The van der Waals surface area contributed by atoms with Crippen molar-refractivity contribution in [2.45, 2.75) is 130 Å². The molecule has 0 aromatic carbocycles. The molecule has 0 aromatic heterocycles. The van der Waals surface area contributed by atoms with Crippen LogP contribution in [0.5, 0.6) is 0 Å². The lowest BCUT2D eigenvalue weighted by Crippen LogP contribution is -2.17. The summed E-state index contributed by atoms with van der Waals surface area (Å²) in [6.07, 6.45) is 22.0. The Hall–Kier alpha value is -0.0800. The molecule has 0 saturated carbocycles. The molecule has 0 aliphatic carbocycles. The normalized spacial score (nSPS) is 12.6. The van der Waals surface area contributed by atoms with Crippen molar-refractivity contribution >= 4 is 0 Å². The molecule has 0 heterocycles. The van der Waals surface area contributed by atoms with Gasteiger partial charge >= 0.3 is 0 Å². The van der Waals surface area contributed by atoms with Crippen molar-refractivity contribution in [2.75, 3.05) is 19.8 Å². The van der Waals surface area contributed by atoms with Crippen LogP contribution in [0.25, 0.3) is 0 Å². The lowest BCUT2D eigenvalue weighted by molar-refractivity contribution is -0.00869. The van der Waals surface area contributed by atoms with Gasteiger partial charge in [-0.1, -0.05) is 104 Å². The predicted octanol–water partition coefficient (Wildman–Crippen LogP) is 7.69. The minimum atomic E-state index is 0.249. The van der Waals surface area contributed by atoms with Gasteiger partial charge in [-0.25, -0.2) is 0 Å². The van der Waals surface area contributed by atoms with E-state index in [4.69, 9.17) is 9.47 Å². The Kier molecular flexibility index (Phi) is 21.9. The summed E-state index contributed by atoms with van der Waals surface area (Å²) in [7, 11) is 0. The molecule has 2 nitrogen and oxygen atoms in total. The molecule has 0 amide bonds. The van der Waals surface area contributed by atoms with Crippen molar-refractivity contribution in [1.29, 1.82) is 0 Å². The summed E-state index contributed by atoms with van der Waals surface area (Å²) in [5, 5.41) is 0. The maximum Gasteiger partial charge on any atom is 0.0780 e. The third-order valence-corrected chi connectivity index (χ3v) is 4.90. The van der Waals surface area contributed by atoms with Crippen LogP contribution in [-0.2, 0) is 9.47 Å². The lowest BCUT2D eigenvalue weighted by atomic mass is 10.1. The van der Waals surface area contributed by atoms with Gasteiger partial charge in [0.2, 0.25) is 0 Å². The molecule has 0 rings (SSSR count). The minimum absolute atomic E-state index is 0.249. The van der Waals surface area contributed by atoms with Crippen LogP contribution >= 0.6 is 0 Å². The Balaban J connectivity index is 3.12. The number of hydrogen-bond donors (Lipinski definition) is 0. The van der Waals surface area contributed by atoms with Gasteiger partial charge in [0.25, 0.3) is 0 Å². The van der Waals surface area contributed by atoms with Gasteiger partial charge in [-0.05, 0) is 19.8 Å². The van der Waals surface area contributed by atoms with E-state index in [2.05, 4.69) is 20.8 Å². The zero-order valence-electron chi connectivity index (χ0n) is 17.8. The Labute approximate surface area is 159 Å². The third-order valence-electron chi connectivity index (χ3n) is 4.90. The van der Waals surface area contributed by atoms with Crippen molar-refractivity contribution in [3.8, 4) is 0 Å². The van der Waals surface area contributed by atoms with E-state index in [1.807, 2.05) is 0 Å². The number of rotatable bonds is 21. The summed E-state index contributed by atoms with van der Waals surface area (Å²) in [5.41, 5.74) is 0. The molecule has 0 spiro atoms. The largest absolute Gasteiger partial charge is 0.379 e. The molecule has 0 radical (unpaired) electrons. The molecule has 25 heavy (non-hydrogen) atoms. The average Bonchev–Trinajstić information content (AvgIpc) is 2.62. The van der Waals surface area contributed by atoms with Gasteiger partial charge in [0, 0.05) is 13.2 Å². The van der Waals surface area contributed by atoms with Crippen LogP contribution in [-0.4, -0.2) is 25.9 Å². The van der Waals surface area contributed by atoms with E-state index in [0.29, 0.717) is 0 Å². The Bertz CT molecular complexity index is 230. The van der Waals surface area contributed by atoms with Crippen LogP contribution in [0.1, 0.15) is 124 Å². The predicted molar refractivity (Wildman–Crippen MR) is 111 cm³/mol. The van der Waals surface area contributed by atoms with Crippen molar-refractivity contribution < 1.29 is 9.47 Å². The first-order valence-corrected chi connectivity index (χ1v) is 11.5.